The normalized spacial score (nSPS) is 13.1. The van der Waals surface area contributed by atoms with Gasteiger partial charge in [-0.1, -0.05) is 140 Å². The van der Waals surface area contributed by atoms with Gasteiger partial charge in [0.05, 0.1) is 51.1 Å². The standard InChI is InChI=1S/C82H76N8S/c1-11-47-25-29-49(30-26-47)75-63-35-33-51(83-63)41-52-34-36-64(84-52)76(50-31-27-48(12-2)28-32-50)66-38-40-68(86-66)77(67-39-37-65(75)85-67)61-23-19-21-59-60-22-20-24-62(82(60)91-81(59)61)78-79-53(13-3)45(9)69(89-79)42-71-55(15-5)57(17-7)73(87-71)44-74-58(18-8)56(16-6)72(88-74)43-70-46(10)54(14-4)80(78)90-70/h19-44,83,86-87,90H,11-18H2,1-10H3. The molecule has 0 fully saturated rings. The van der Waals surface area contributed by atoms with E-state index in [0.717, 1.165) is 186 Å². The first-order chi connectivity index (χ1) is 44.5. The summed E-state index contributed by atoms with van der Waals surface area (Å²) in [6, 6.07) is 49.7. The molecular weight excluding hydrogens is 1130 g/mol. The summed E-state index contributed by atoms with van der Waals surface area (Å²) in [6.45, 7) is 22.7. The molecule has 9 heteroatoms. The van der Waals surface area contributed by atoms with Crippen LogP contribution in [0.3, 0.4) is 0 Å². The van der Waals surface area contributed by atoms with E-state index in [1.807, 2.05) is 11.3 Å². The van der Waals surface area contributed by atoms with Gasteiger partial charge in [-0.05, 0) is 205 Å². The number of aryl methyl sites for hydroxylation is 6. The average molecular weight is 1210 g/mol. The van der Waals surface area contributed by atoms with E-state index in [1.165, 1.54) is 75.8 Å². The van der Waals surface area contributed by atoms with Crippen molar-refractivity contribution in [3.8, 4) is 44.5 Å². The van der Waals surface area contributed by atoms with Gasteiger partial charge >= 0.3 is 0 Å². The zero-order valence-electron chi connectivity index (χ0n) is 53.9. The molecular formula is C82H76N8S. The second kappa shape index (κ2) is 23.3. The molecule has 0 radical (unpaired) electrons. The van der Waals surface area contributed by atoms with Crippen LogP contribution in [0.2, 0.25) is 0 Å². The second-order valence-electron chi connectivity index (χ2n) is 24.6. The number of thiophene rings is 1. The summed E-state index contributed by atoms with van der Waals surface area (Å²) in [4.78, 5) is 38.5. The van der Waals surface area contributed by atoms with E-state index in [0.29, 0.717) is 0 Å². The summed E-state index contributed by atoms with van der Waals surface area (Å²) in [5.74, 6) is 0. The third-order valence-electron chi connectivity index (χ3n) is 19.7. The van der Waals surface area contributed by atoms with Gasteiger partial charge in [0.2, 0.25) is 0 Å². The molecule has 16 bridgehead atoms. The largest absolute Gasteiger partial charge is 0.355 e. The highest BCUT2D eigenvalue weighted by molar-refractivity contribution is 7.27. The van der Waals surface area contributed by atoms with Gasteiger partial charge in [0.1, 0.15) is 0 Å². The van der Waals surface area contributed by atoms with Gasteiger partial charge in [-0.25, -0.2) is 19.9 Å². The lowest BCUT2D eigenvalue weighted by Crippen LogP contribution is -1.92. The van der Waals surface area contributed by atoms with Crippen LogP contribution in [0.15, 0.2) is 133 Å². The smallest absolute Gasteiger partial charge is 0.0772 e. The van der Waals surface area contributed by atoms with Crippen molar-refractivity contribution in [2.45, 2.75) is 121 Å². The Bertz CT molecular complexity index is 5290. The number of H-pyrrole nitrogens is 4. The minimum Gasteiger partial charge on any atom is -0.355 e. The fourth-order valence-corrected chi connectivity index (χ4v) is 16.3. The van der Waals surface area contributed by atoms with Crippen LogP contribution < -0.4 is 0 Å². The number of allylic oxidation sites excluding steroid dienone is 4. The summed E-state index contributed by atoms with van der Waals surface area (Å²) >= 11 is 1.88. The van der Waals surface area contributed by atoms with Crippen LogP contribution in [0.4, 0.5) is 0 Å². The van der Waals surface area contributed by atoms with Crippen LogP contribution >= 0.6 is 11.3 Å². The summed E-state index contributed by atoms with van der Waals surface area (Å²) in [5, 5.41) is 2.40. The maximum absolute atomic E-state index is 5.87. The van der Waals surface area contributed by atoms with E-state index >= 15 is 0 Å². The van der Waals surface area contributed by atoms with Crippen molar-refractivity contribution in [2.24, 2.45) is 0 Å². The number of nitrogens with zero attached hydrogens (tertiary/aromatic N) is 4. The molecule has 91 heavy (non-hydrogen) atoms. The molecule has 4 aliphatic rings. The van der Waals surface area contributed by atoms with E-state index in [2.05, 4.69) is 247 Å². The number of hydrogen-bond donors (Lipinski definition) is 4. The summed E-state index contributed by atoms with van der Waals surface area (Å²) < 4.78 is 2.40. The van der Waals surface area contributed by atoms with Crippen molar-refractivity contribution < 1.29 is 0 Å². The molecule has 0 saturated heterocycles. The van der Waals surface area contributed by atoms with Crippen LogP contribution in [0.5, 0.6) is 0 Å². The molecule has 4 aliphatic heterocycles. The Balaban J connectivity index is 1.05. The van der Waals surface area contributed by atoms with Crippen LogP contribution in [0, 0.1) is 6.92 Å². The SMILES string of the molecule is CCC1=C(CC)c2cc3[nH]c(cc4nc(c(-c5cccc6c5sc5c(-c7c8nc(c(-c9ccc(CC)cc9)c9ccc(cc%10nc(c(-c%11ccc(CC)cc%11)c%11ccc7[nH]%11)C=C%10)[nH]9)C=C8)cccc56)c5[nH]c(cc1n2)c(C)c5CC)C(CC)=C4C)c(CC)c3CC. The first kappa shape index (κ1) is 57.7. The molecule has 7 aromatic heterocycles. The van der Waals surface area contributed by atoms with Crippen molar-refractivity contribution in [3.05, 3.63) is 212 Å². The Morgan fingerprint density at radius 3 is 1.46 bits per heavy atom. The van der Waals surface area contributed by atoms with E-state index < -0.39 is 0 Å². The number of aromatic nitrogens is 8. The molecule has 0 spiro atoms. The minimum absolute atomic E-state index is 0.826. The van der Waals surface area contributed by atoms with E-state index in [4.69, 9.17) is 19.9 Å². The van der Waals surface area contributed by atoms with Crippen molar-refractivity contribution in [1.82, 2.24) is 39.9 Å². The lowest BCUT2D eigenvalue weighted by Gasteiger charge is -2.11. The highest BCUT2D eigenvalue weighted by Gasteiger charge is 2.28. The van der Waals surface area contributed by atoms with E-state index in [9.17, 15) is 0 Å². The maximum Gasteiger partial charge on any atom is 0.0772 e. The number of aromatic amines is 4. The summed E-state index contributed by atoms with van der Waals surface area (Å²) in [5.41, 5.74) is 37.7. The monoisotopic (exact) mass is 1200 g/mol. The lowest BCUT2D eigenvalue weighted by atomic mass is 9.93. The molecule has 0 aliphatic carbocycles. The first-order valence-electron chi connectivity index (χ1n) is 33.0. The van der Waals surface area contributed by atoms with Gasteiger partial charge in [0, 0.05) is 92.2 Å². The van der Waals surface area contributed by atoms with Crippen LogP contribution in [0.25, 0.3) is 155 Å². The number of hydrogen-bond acceptors (Lipinski definition) is 5. The Kier molecular flexibility index (Phi) is 14.8. The molecule has 15 rings (SSSR count). The van der Waals surface area contributed by atoms with Gasteiger partial charge in [0.25, 0.3) is 0 Å². The van der Waals surface area contributed by atoms with Crippen molar-refractivity contribution in [3.63, 3.8) is 0 Å². The molecule has 11 heterocycles. The van der Waals surface area contributed by atoms with Crippen molar-refractivity contribution in [2.75, 3.05) is 0 Å². The molecule has 0 atom stereocenters. The molecule has 0 unspecified atom stereocenters. The highest BCUT2D eigenvalue weighted by atomic mass is 32.1. The number of fused-ring (bicyclic) bond motifs is 19. The predicted molar refractivity (Wildman–Crippen MR) is 390 cm³/mol. The molecule has 4 aromatic carbocycles. The topological polar surface area (TPSA) is 115 Å². The number of nitrogens with one attached hydrogen (secondary N) is 4. The fourth-order valence-electron chi connectivity index (χ4n) is 15.0. The number of benzene rings is 4. The Morgan fingerprint density at radius 1 is 0.374 bits per heavy atom. The molecule has 0 amide bonds. The molecule has 450 valence electrons. The minimum atomic E-state index is 0.826. The van der Waals surface area contributed by atoms with Gasteiger partial charge in [0.15, 0.2) is 0 Å². The van der Waals surface area contributed by atoms with Gasteiger partial charge in [-0.15, -0.1) is 11.3 Å². The molecule has 8 nitrogen and oxygen atoms in total. The van der Waals surface area contributed by atoms with Crippen molar-refractivity contribution in [1.29, 1.82) is 0 Å². The van der Waals surface area contributed by atoms with Crippen molar-refractivity contribution >= 4 is 122 Å². The zero-order valence-corrected chi connectivity index (χ0v) is 54.7. The Labute approximate surface area is 536 Å². The van der Waals surface area contributed by atoms with Crippen LogP contribution in [0.1, 0.15) is 161 Å². The molecule has 4 N–H and O–H groups in total. The number of rotatable bonds is 12. The molecule has 11 aromatic rings. The third-order valence-corrected chi connectivity index (χ3v) is 21.0. The van der Waals surface area contributed by atoms with E-state index in [-0.39, 0.29) is 0 Å². The first-order valence-corrected chi connectivity index (χ1v) is 33.8. The second-order valence-corrected chi connectivity index (χ2v) is 25.6. The average Bonchev–Trinajstić information content (AvgIpc) is 1.60. The van der Waals surface area contributed by atoms with Crippen LogP contribution in [-0.4, -0.2) is 39.9 Å². The summed E-state index contributed by atoms with van der Waals surface area (Å²) in [6.07, 6.45) is 15.9. The van der Waals surface area contributed by atoms with Gasteiger partial charge in [-0.2, -0.15) is 0 Å². The highest BCUT2D eigenvalue weighted by Crippen LogP contribution is 2.50. The molecule has 0 saturated carbocycles. The lowest BCUT2D eigenvalue weighted by molar-refractivity contribution is 1.07. The third kappa shape index (κ3) is 9.61. The van der Waals surface area contributed by atoms with E-state index in [1.54, 1.807) is 0 Å². The Hall–Kier alpha value is -9.70. The van der Waals surface area contributed by atoms with Gasteiger partial charge in [-0.3, -0.25) is 0 Å². The quantitative estimate of drug-likeness (QED) is 0.0975. The summed E-state index contributed by atoms with van der Waals surface area (Å²) in [7, 11) is 0. The van der Waals surface area contributed by atoms with Gasteiger partial charge < -0.3 is 19.9 Å². The van der Waals surface area contributed by atoms with Crippen LogP contribution in [-0.2, 0) is 32.1 Å². The zero-order chi connectivity index (χ0) is 62.3. The fraction of sp³-hybridized carbons (Fsp3) is 0.220. The Morgan fingerprint density at radius 2 is 0.879 bits per heavy atom. The maximum atomic E-state index is 5.87. The predicted octanol–water partition coefficient (Wildman–Crippen LogP) is 22.5.